The number of aliphatic hydroxyl groups excluding tert-OH is 1. The number of rotatable bonds is 5. The SMILES string of the molecule is CCOC(C(C)C)C(O)c1c(F)cccc1F. The first-order valence-corrected chi connectivity index (χ1v) is 5.72. The maximum absolute atomic E-state index is 13.5. The van der Waals surface area contributed by atoms with Crippen LogP contribution in [0.25, 0.3) is 0 Å². The van der Waals surface area contributed by atoms with Crippen LogP contribution in [0.4, 0.5) is 8.78 Å². The Kier molecular flexibility index (Phi) is 5.02. The maximum Gasteiger partial charge on any atom is 0.132 e. The lowest BCUT2D eigenvalue weighted by atomic mass is 9.95. The molecule has 0 spiro atoms. The smallest absolute Gasteiger partial charge is 0.132 e. The van der Waals surface area contributed by atoms with E-state index < -0.39 is 23.8 Å². The second-order valence-corrected chi connectivity index (χ2v) is 4.24. The highest BCUT2D eigenvalue weighted by atomic mass is 19.1. The van der Waals surface area contributed by atoms with E-state index in [9.17, 15) is 13.9 Å². The van der Waals surface area contributed by atoms with Gasteiger partial charge in [-0.1, -0.05) is 19.9 Å². The normalized spacial score (nSPS) is 15.0. The van der Waals surface area contributed by atoms with Crippen LogP contribution in [0.1, 0.15) is 32.4 Å². The second-order valence-electron chi connectivity index (χ2n) is 4.24. The third kappa shape index (κ3) is 3.23. The molecular weight excluding hydrogens is 226 g/mol. The molecule has 17 heavy (non-hydrogen) atoms. The maximum atomic E-state index is 13.5. The Balaban J connectivity index is 3.04. The van der Waals surface area contributed by atoms with Crippen LogP contribution in [0.5, 0.6) is 0 Å². The third-order valence-electron chi connectivity index (χ3n) is 2.62. The highest BCUT2D eigenvalue weighted by molar-refractivity contribution is 5.23. The van der Waals surface area contributed by atoms with E-state index in [1.54, 1.807) is 6.92 Å². The van der Waals surface area contributed by atoms with Gasteiger partial charge in [0, 0.05) is 6.61 Å². The number of benzene rings is 1. The molecule has 0 saturated carbocycles. The molecular formula is C13H18F2O2. The summed E-state index contributed by atoms with van der Waals surface area (Å²) in [4.78, 5) is 0. The average molecular weight is 244 g/mol. The number of halogens is 2. The van der Waals surface area contributed by atoms with Crippen LogP contribution >= 0.6 is 0 Å². The Morgan fingerprint density at radius 3 is 2.18 bits per heavy atom. The van der Waals surface area contributed by atoms with Gasteiger partial charge in [-0.25, -0.2) is 8.78 Å². The summed E-state index contributed by atoms with van der Waals surface area (Å²) in [6, 6.07) is 3.53. The summed E-state index contributed by atoms with van der Waals surface area (Å²) in [6.45, 7) is 5.83. The van der Waals surface area contributed by atoms with Crippen molar-refractivity contribution < 1.29 is 18.6 Å². The first kappa shape index (κ1) is 14.1. The van der Waals surface area contributed by atoms with E-state index in [-0.39, 0.29) is 11.5 Å². The lowest BCUT2D eigenvalue weighted by Gasteiger charge is -2.26. The van der Waals surface area contributed by atoms with Crippen LogP contribution in [0.2, 0.25) is 0 Å². The molecule has 1 aromatic rings. The summed E-state index contributed by atoms with van der Waals surface area (Å²) in [5.41, 5.74) is -0.320. The minimum absolute atomic E-state index is 0.0380. The van der Waals surface area contributed by atoms with E-state index in [1.165, 1.54) is 6.07 Å². The molecule has 4 heteroatoms. The molecule has 1 N–H and O–H groups in total. The van der Waals surface area contributed by atoms with Gasteiger partial charge < -0.3 is 9.84 Å². The van der Waals surface area contributed by atoms with E-state index in [0.717, 1.165) is 12.1 Å². The van der Waals surface area contributed by atoms with Crippen molar-refractivity contribution in [3.63, 3.8) is 0 Å². The summed E-state index contributed by atoms with van der Waals surface area (Å²) >= 11 is 0. The van der Waals surface area contributed by atoms with Crippen molar-refractivity contribution in [3.05, 3.63) is 35.4 Å². The fourth-order valence-corrected chi connectivity index (χ4v) is 1.80. The topological polar surface area (TPSA) is 29.5 Å². The van der Waals surface area contributed by atoms with Crippen molar-refractivity contribution in [1.29, 1.82) is 0 Å². The van der Waals surface area contributed by atoms with Gasteiger partial charge in [0.25, 0.3) is 0 Å². The predicted molar refractivity (Wildman–Crippen MR) is 61.6 cm³/mol. The van der Waals surface area contributed by atoms with E-state index >= 15 is 0 Å². The van der Waals surface area contributed by atoms with E-state index in [0.29, 0.717) is 6.61 Å². The van der Waals surface area contributed by atoms with Crippen molar-refractivity contribution in [2.45, 2.75) is 33.0 Å². The van der Waals surface area contributed by atoms with Crippen LogP contribution in [0, 0.1) is 17.6 Å². The minimum Gasteiger partial charge on any atom is -0.385 e. The van der Waals surface area contributed by atoms with Gasteiger partial charge >= 0.3 is 0 Å². The Hall–Kier alpha value is -1.00. The van der Waals surface area contributed by atoms with Gasteiger partial charge in [-0.15, -0.1) is 0 Å². The minimum atomic E-state index is -1.30. The third-order valence-corrected chi connectivity index (χ3v) is 2.62. The van der Waals surface area contributed by atoms with Crippen molar-refractivity contribution in [1.82, 2.24) is 0 Å². The van der Waals surface area contributed by atoms with Crippen molar-refractivity contribution in [3.8, 4) is 0 Å². The van der Waals surface area contributed by atoms with Gasteiger partial charge in [0.05, 0.1) is 11.7 Å². The molecule has 0 heterocycles. The number of hydrogen-bond acceptors (Lipinski definition) is 2. The molecule has 0 aliphatic heterocycles. The zero-order valence-electron chi connectivity index (χ0n) is 10.3. The fraction of sp³-hybridized carbons (Fsp3) is 0.538. The van der Waals surface area contributed by atoms with E-state index in [4.69, 9.17) is 4.74 Å². The molecule has 0 fully saturated rings. The molecule has 0 amide bonds. The molecule has 1 rings (SSSR count). The molecule has 1 aromatic carbocycles. The number of ether oxygens (including phenoxy) is 1. The van der Waals surface area contributed by atoms with Crippen LogP contribution in [0.15, 0.2) is 18.2 Å². The van der Waals surface area contributed by atoms with Crippen molar-refractivity contribution in [2.24, 2.45) is 5.92 Å². The first-order chi connectivity index (χ1) is 7.99. The summed E-state index contributed by atoms with van der Waals surface area (Å²) in [5, 5.41) is 10.0. The Bertz CT molecular complexity index is 346. The predicted octanol–water partition coefficient (Wildman–Crippen LogP) is 3.06. The monoisotopic (exact) mass is 244 g/mol. The molecule has 2 nitrogen and oxygen atoms in total. The zero-order chi connectivity index (χ0) is 13.0. The van der Waals surface area contributed by atoms with Crippen molar-refractivity contribution in [2.75, 3.05) is 6.61 Å². The summed E-state index contributed by atoms with van der Waals surface area (Å²) < 4.78 is 32.4. The van der Waals surface area contributed by atoms with Gasteiger partial charge in [0.2, 0.25) is 0 Å². The van der Waals surface area contributed by atoms with Gasteiger partial charge in [0.15, 0.2) is 0 Å². The fourth-order valence-electron chi connectivity index (χ4n) is 1.80. The lowest BCUT2D eigenvalue weighted by molar-refractivity contribution is -0.0610. The van der Waals surface area contributed by atoms with Gasteiger partial charge in [0.1, 0.15) is 17.7 Å². The quantitative estimate of drug-likeness (QED) is 0.862. The molecule has 96 valence electrons. The van der Waals surface area contributed by atoms with Gasteiger partial charge in [-0.3, -0.25) is 0 Å². The molecule has 0 aromatic heterocycles. The standard InChI is InChI=1S/C13H18F2O2/c1-4-17-13(8(2)3)12(16)11-9(14)6-5-7-10(11)15/h5-8,12-13,16H,4H2,1-3H3. The van der Waals surface area contributed by atoms with Gasteiger partial charge in [-0.05, 0) is 25.0 Å². The van der Waals surface area contributed by atoms with E-state index in [2.05, 4.69) is 0 Å². The van der Waals surface area contributed by atoms with E-state index in [1.807, 2.05) is 13.8 Å². The summed E-state index contributed by atoms with van der Waals surface area (Å²) in [6.07, 6.45) is -1.91. The van der Waals surface area contributed by atoms with Crippen molar-refractivity contribution >= 4 is 0 Å². The second kappa shape index (κ2) is 6.07. The molecule has 2 atom stereocenters. The Morgan fingerprint density at radius 1 is 1.24 bits per heavy atom. The van der Waals surface area contributed by atoms with Crippen LogP contribution in [-0.4, -0.2) is 17.8 Å². The summed E-state index contributed by atoms with van der Waals surface area (Å²) in [5.74, 6) is -1.53. The zero-order valence-corrected chi connectivity index (χ0v) is 10.3. The Labute approximate surface area is 100 Å². The van der Waals surface area contributed by atoms with Crippen LogP contribution in [0.3, 0.4) is 0 Å². The highest BCUT2D eigenvalue weighted by Crippen LogP contribution is 2.28. The molecule has 0 bridgehead atoms. The Morgan fingerprint density at radius 2 is 1.76 bits per heavy atom. The lowest BCUT2D eigenvalue weighted by Crippen LogP contribution is -2.29. The largest absolute Gasteiger partial charge is 0.385 e. The highest BCUT2D eigenvalue weighted by Gasteiger charge is 2.29. The van der Waals surface area contributed by atoms with Gasteiger partial charge in [-0.2, -0.15) is 0 Å². The van der Waals surface area contributed by atoms with Crippen LogP contribution in [-0.2, 0) is 4.74 Å². The molecule has 0 saturated heterocycles. The molecule has 0 aliphatic carbocycles. The first-order valence-electron chi connectivity index (χ1n) is 5.72. The molecule has 0 aliphatic rings. The average Bonchev–Trinajstić information content (AvgIpc) is 2.24. The van der Waals surface area contributed by atoms with Crippen LogP contribution < -0.4 is 0 Å². The summed E-state index contributed by atoms with van der Waals surface area (Å²) in [7, 11) is 0. The molecule has 0 radical (unpaired) electrons. The number of aliphatic hydroxyl groups is 1. The molecule has 2 unspecified atom stereocenters. The number of hydrogen-bond donors (Lipinski definition) is 1.